The lowest BCUT2D eigenvalue weighted by molar-refractivity contribution is 0.0391. The van der Waals surface area contributed by atoms with Gasteiger partial charge >= 0.3 is 0 Å². The number of hydrogen-bond acceptors (Lipinski definition) is 3. The van der Waals surface area contributed by atoms with Crippen molar-refractivity contribution < 1.29 is 9.47 Å². The third-order valence-electron chi connectivity index (χ3n) is 4.37. The van der Waals surface area contributed by atoms with Crippen LogP contribution in [0.4, 0.5) is 0 Å². The zero-order valence-corrected chi connectivity index (χ0v) is 9.99. The van der Waals surface area contributed by atoms with Crippen LogP contribution in [0.5, 0.6) is 0 Å². The van der Waals surface area contributed by atoms with Gasteiger partial charge in [0.2, 0.25) is 0 Å². The van der Waals surface area contributed by atoms with Gasteiger partial charge in [-0.2, -0.15) is 0 Å². The van der Waals surface area contributed by atoms with Crippen LogP contribution in [-0.2, 0) is 9.47 Å². The van der Waals surface area contributed by atoms with E-state index >= 15 is 0 Å². The second-order valence-corrected chi connectivity index (χ2v) is 5.54. The summed E-state index contributed by atoms with van der Waals surface area (Å²) in [6.07, 6.45) is 11.4. The van der Waals surface area contributed by atoms with Crippen molar-refractivity contribution in [1.29, 1.82) is 0 Å². The highest BCUT2D eigenvalue weighted by Crippen LogP contribution is 2.29. The zero-order valence-electron chi connectivity index (χ0n) is 9.99. The van der Waals surface area contributed by atoms with Crippen LogP contribution in [-0.4, -0.2) is 31.1 Å². The van der Waals surface area contributed by atoms with Crippen LogP contribution in [0.3, 0.4) is 0 Å². The Kier molecular flexibility index (Phi) is 3.46. The Hall–Kier alpha value is -0.120. The van der Waals surface area contributed by atoms with Crippen LogP contribution in [0, 0.1) is 0 Å². The van der Waals surface area contributed by atoms with E-state index in [2.05, 4.69) is 5.32 Å². The van der Waals surface area contributed by atoms with Gasteiger partial charge in [-0.05, 0) is 32.1 Å². The van der Waals surface area contributed by atoms with Crippen molar-refractivity contribution in [2.24, 2.45) is 0 Å². The number of fused-ring (bicyclic) bond motifs is 1. The summed E-state index contributed by atoms with van der Waals surface area (Å²) >= 11 is 0. The quantitative estimate of drug-likeness (QED) is 0.781. The Balaban J connectivity index is 1.48. The zero-order chi connectivity index (χ0) is 10.8. The van der Waals surface area contributed by atoms with Crippen molar-refractivity contribution >= 4 is 0 Å². The molecule has 0 bridgehead atoms. The first-order chi connectivity index (χ1) is 7.92. The van der Waals surface area contributed by atoms with E-state index in [1.807, 2.05) is 0 Å². The second-order valence-electron chi connectivity index (χ2n) is 5.54. The molecule has 3 nitrogen and oxygen atoms in total. The van der Waals surface area contributed by atoms with Crippen molar-refractivity contribution in [3.8, 4) is 0 Å². The molecular formula is C13H23NO2. The van der Waals surface area contributed by atoms with Crippen LogP contribution in [0.2, 0.25) is 0 Å². The van der Waals surface area contributed by atoms with Gasteiger partial charge in [0.25, 0.3) is 0 Å². The summed E-state index contributed by atoms with van der Waals surface area (Å²) in [4.78, 5) is 0. The molecule has 0 radical (unpaired) electrons. The molecular weight excluding hydrogens is 202 g/mol. The van der Waals surface area contributed by atoms with E-state index in [4.69, 9.17) is 9.47 Å². The Morgan fingerprint density at radius 1 is 0.750 bits per heavy atom. The van der Waals surface area contributed by atoms with Crippen molar-refractivity contribution in [3.63, 3.8) is 0 Å². The lowest BCUT2D eigenvalue weighted by atomic mass is 9.88. The molecule has 1 aliphatic heterocycles. The smallest absolute Gasteiger partial charge is 0.147 e. The van der Waals surface area contributed by atoms with Crippen LogP contribution >= 0.6 is 0 Å². The minimum absolute atomic E-state index is 0.370. The van der Waals surface area contributed by atoms with Gasteiger partial charge in [-0.15, -0.1) is 0 Å². The highest BCUT2D eigenvalue weighted by atomic mass is 16.7. The van der Waals surface area contributed by atoms with Crippen molar-refractivity contribution in [2.75, 3.05) is 6.79 Å². The molecule has 16 heavy (non-hydrogen) atoms. The van der Waals surface area contributed by atoms with Crippen molar-refractivity contribution in [1.82, 2.24) is 5.32 Å². The highest BCUT2D eigenvalue weighted by molar-refractivity contribution is 4.89. The topological polar surface area (TPSA) is 30.5 Å². The van der Waals surface area contributed by atoms with Crippen molar-refractivity contribution in [2.45, 2.75) is 75.7 Å². The molecule has 2 aliphatic carbocycles. The monoisotopic (exact) mass is 225 g/mol. The van der Waals surface area contributed by atoms with Crippen LogP contribution in [0.1, 0.15) is 51.4 Å². The minimum atomic E-state index is 0.370. The molecule has 2 saturated carbocycles. The predicted octanol–water partition coefficient (Wildman–Crippen LogP) is 2.20. The van der Waals surface area contributed by atoms with Gasteiger partial charge in [-0.25, -0.2) is 0 Å². The summed E-state index contributed by atoms with van der Waals surface area (Å²) < 4.78 is 11.2. The molecule has 3 heteroatoms. The molecule has 92 valence electrons. The van der Waals surface area contributed by atoms with E-state index in [1.165, 1.54) is 44.9 Å². The van der Waals surface area contributed by atoms with Gasteiger partial charge in [-0.3, -0.25) is 0 Å². The molecule has 1 heterocycles. The fourth-order valence-electron chi connectivity index (χ4n) is 3.44. The van der Waals surface area contributed by atoms with Crippen LogP contribution in [0.15, 0.2) is 0 Å². The molecule has 3 aliphatic rings. The molecule has 1 saturated heterocycles. The third-order valence-corrected chi connectivity index (χ3v) is 4.37. The molecule has 0 amide bonds. The fraction of sp³-hybridized carbons (Fsp3) is 1.00. The molecule has 3 atom stereocenters. The molecule has 1 N–H and O–H groups in total. The first-order valence-electron chi connectivity index (χ1n) is 6.91. The molecule has 0 spiro atoms. The first-order valence-corrected chi connectivity index (χ1v) is 6.91. The standard InChI is InChI=1S/C13H23NO2/c1-2-4-10(5-3-1)14-11-6-7-12-13(8-11)16-9-15-12/h10-14H,1-9H2. The summed E-state index contributed by atoms with van der Waals surface area (Å²) in [5, 5.41) is 3.83. The van der Waals surface area contributed by atoms with Gasteiger partial charge in [0.1, 0.15) is 6.79 Å². The summed E-state index contributed by atoms with van der Waals surface area (Å²) in [6, 6.07) is 1.45. The van der Waals surface area contributed by atoms with Crippen LogP contribution < -0.4 is 5.32 Å². The van der Waals surface area contributed by atoms with Gasteiger partial charge < -0.3 is 14.8 Å². The lowest BCUT2D eigenvalue weighted by Gasteiger charge is -2.34. The van der Waals surface area contributed by atoms with E-state index in [0.717, 1.165) is 12.5 Å². The fourth-order valence-corrected chi connectivity index (χ4v) is 3.44. The number of ether oxygens (including phenoxy) is 2. The van der Waals surface area contributed by atoms with E-state index < -0.39 is 0 Å². The lowest BCUT2D eigenvalue weighted by Crippen LogP contribution is -2.46. The average molecular weight is 225 g/mol. The summed E-state index contributed by atoms with van der Waals surface area (Å²) in [5.74, 6) is 0. The summed E-state index contributed by atoms with van der Waals surface area (Å²) in [5.41, 5.74) is 0. The molecule has 0 aromatic rings. The molecule has 3 unspecified atom stereocenters. The van der Waals surface area contributed by atoms with Gasteiger partial charge in [0.05, 0.1) is 12.2 Å². The Labute approximate surface area is 97.9 Å². The molecule has 0 aromatic carbocycles. The number of rotatable bonds is 2. The first kappa shape index (κ1) is 11.0. The molecule has 3 fully saturated rings. The van der Waals surface area contributed by atoms with E-state index in [1.54, 1.807) is 0 Å². The summed E-state index contributed by atoms with van der Waals surface area (Å²) in [6.45, 7) is 0.519. The summed E-state index contributed by atoms with van der Waals surface area (Å²) in [7, 11) is 0. The Bertz CT molecular complexity index is 228. The number of nitrogens with one attached hydrogen (secondary N) is 1. The second kappa shape index (κ2) is 5.03. The highest BCUT2D eigenvalue weighted by Gasteiger charge is 2.36. The number of hydrogen-bond donors (Lipinski definition) is 1. The van der Waals surface area contributed by atoms with Gasteiger partial charge in [0.15, 0.2) is 0 Å². The normalized spacial score (nSPS) is 40.9. The Morgan fingerprint density at radius 3 is 2.44 bits per heavy atom. The van der Waals surface area contributed by atoms with E-state index in [9.17, 15) is 0 Å². The van der Waals surface area contributed by atoms with Gasteiger partial charge in [-0.1, -0.05) is 19.3 Å². The SMILES string of the molecule is C1CCC(NC2CCC3OCOC3C2)CC1. The van der Waals surface area contributed by atoms with Crippen LogP contribution in [0.25, 0.3) is 0 Å². The predicted molar refractivity (Wildman–Crippen MR) is 62.3 cm³/mol. The largest absolute Gasteiger partial charge is 0.349 e. The van der Waals surface area contributed by atoms with E-state index in [-0.39, 0.29) is 0 Å². The maximum absolute atomic E-state index is 5.61. The average Bonchev–Trinajstić information content (AvgIpc) is 2.77. The molecule has 0 aromatic heterocycles. The third kappa shape index (κ3) is 2.41. The molecule has 3 rings (SSSR count). The van der Waals surface area contributed by atoms with Crippen molar-refractivity contribution in [3.05, 3.63) is 0 Å². The van der Waals surface area contributed by atoms with Gasteiger partial charge in [0, 0.05) is 12.1 Å². The maximum atomic E-state index is 5.61. The maximum Gasteiger partial charge on any atom is 0.147 e. The Morgan fingerprint density at radius 2 is 1.56 bits per heavy atom. The van der Waals surface area contributed by atoms with E-state index in [0.29, 0.717) is 25.0 Å². The minimum Gasteiger partial charge on any atom is -0.349 e.